The number of aliphatic hydroxyl groups excluding tert-OH is 1. The van der Waals surface area contributed by atoms with Crippen LogP contribution in [0.4, 0.5) is 0 Å². The lowest BCUT2D eigenvalue weighted by atomic mass is 9.96. The molecule has 0 heterocycles. The van der Waals surface area contributed by atoms with Crippen molar-refractivity contribution in [1.29, 1.82) is 0 Å². The predicted octanol–water partition coefficient (Wildman–Crippen LogP) is 2.44. The van der Waals surface area contributed by atoms with E-state index in [2.05, 4.69) is 26.1 Å². The summed E-state index contributed by atoms with van der Waals surface area (Å²) in [5, 5.41) is 11.8. The van der Waals surface area contributed by atoms with Crippen LogP contribution in [0.2, 0.25) is 0 Å². The van der Waals surface area contributed by atoms with Crippen molar-refractivity contribution in [3.8, 4) is 0 Å². The second-order valence-electron chi connectivity index (χ2n) is 5.71. The van der Waals surface area contributed by atoms with E-state index in [0.29, 0.717) is 6.54 Å². The van der Waals surface area contributed by atoms with E-state index >= 15 is 0 Å². The van der Waals surface area contributed by atoms with Crippen molar-refractivity contribution in [2.24, 2.45) is 5.41 Å². The average Bonchev–Trinajstić information content (AvgIpc) is 2.36. The highest BCUT2D eigenvalue weighted by Gasteiger charge is 2.05. The second kappa shape index (κ2) is 7.10. The molecule has 1 amide bonds. The SMILES string of the molecule is CC(C)(C)/C=C/C(=O)NCCc1ccc(CO)cc1. The van der Waals surface area contributed by atoms with E-state index in [4.69, 9.17) is 5.11 Å². The Labute approximate surface area is 115 Å². The summed E-state index contributed by atoms with van der Waals surface area (Å²) in [6.07, 6.45) is 4.29. The summed E-state index contributed by atoms with van der Waals surface area (Å²) in [6, 6.07) is 7.75. The second-order valence-corrected chi connectivity index (χ2v) is 5.71. The largest absolute Gasteiger partial charge is 0.392 e. The van der Waals surface area contributed by atoms with Crippen LogP contribution < -0.4 is 5.32 Å². The van der Waals surface area contributed by atoms with Gasteiger partial charge < -0.3 is 10.4 Å². The maximum atomic E-state index is 11.5. The summed E-state index contributed by atoms with van der Waals surface area (Å²) in [6.45, 7) is 6.85. The third kappa shape index (κ3) is 6.77. The van der Waals surface area contributed by atoms with Crippen molar-refractivity contribution in [3.05, 3.63) is 47.5 Å². The fourth-order valence-corrected chi connectivity index (χ4v) is 1.53. The van der Waals surface area contributed by atoms with Crippen LogP contribution in [0.15, 0.2) is 36.4 Å². The summed E-state index contributed by atoms with van der Waals surface area (Å²) in [5.41, 5.74) is 2.08. The van der Waals surface area contributed by atoms with E-state index in [1.54, 1.807) is 6.08 Å². The van der Waals surface area contributed by atoms with Crippen molar-refractivity contribution >= 4 is 5.91 Å². The van der Waals surface area contributed by atoms with Gasteiger partial charge in [0.2, 0.25) is 5.91 Å². The zero-order valence-electron chi connectivity index (χ0n) is 11.9. The minimum absolute atomic E-state index is 0.0253. The van der Waals surface area contributed by atoms with E-state index < -0.39 is 0 Å². The zero-order valence-corrected chi connectivity index (χ0v) is 11.9. The van der Waals surface area contributed by atoms with Gasteiger partial charge in [0, 0.05) is 6.54 Å². The summed E-state index contributed by atoms with van der Waals surface area (Å²) in [5.74, 6) is -0.0538. The molecule has 104 valence electrons. The van der Waals surface area contributed by atoms with Gasteiger partial charge in [-0.2, -0.15) is 0 Å². The molecule has 0 fully saturated rings. The quantitative estimate of drug-likeness (QED) is 0.800. The normalized spacial score (nSPS) is 11.8. The van der Waals surface area contributed by atoms with E-state index in [9.17, 15) is 4.79 Å². The Hall–Kier alpha value is -1.61. The molecule has 0 unspecified atom stereocenters. The minimum atomic E-state index is -0.0538. The first-order valence-electron chi connectivity index (χ1n) is 6.56. The maximum Gasteiger partial charge on any atom is 0.243 e. The third-order valence-corrected chi connectivity index (χ3v) is 2.65. The summed E-state index contributed by atoms with van der Waals surface area (Å²) in [4.78, 5) is 11.5. The summed E-state index contributed by atoms with van der Waals surface area (Å²) < 4.78 is 0. The molecule has 0 spiro atoms. The molecular weight excluding hydrogens is 238 g/mol. The summed E-state index contributed by atoms with van der Waals surface area (Å²) in [7, 11) is 0. The Morgan fingerprint density at radius 2 is 1.79 bits per heavy atom. The van der Waals surface area contributed by atoms with Gasteiger partial charge in [0.25, 0.3) is 0 Å². The monoisotopic (exact) mass is 261 g/mol. The molecule has 0 aliphatic heterocycles. The number of aliphatic hydroxyl groups is 1. The van der Waals surface area contributed by atoms with Gasteiger partial charge in [0.05, 0.1) is 6.61 Å². The number of hydrogen-bond acceptors (Lipinski definition) is 2. The van der Waals surface area contributed by atoms with E-state index in [1.807, 2.05) is 30.3 Å². The van der Waals surface area contributed by atoms with Crippen molar-refractivity contribution in [2.75, 3.05) is 6.54 Å². The molecule has 0 bridgehead atoms. The number of carbonyl (C=O) groups is 1. The van der Waals surface area contributed by atoms with Crippen LogP contribution in [-0.4, -0.2) is 17.6 Å². The Balaban J connectivity index is 2.33. The highest BCUT2D eigenvalue weighted by Crippen LogP contribution is 2.13. The Bertz CT molecular complexity index is 427. The van der Waals surface area contributed by atoms with Crippen LogP contribution in [0.3, 0.4) is 0 Å². The highest BCUT2D eigenvalue weighted by atomic mass is 16.3. The molecule has 0 atom stereocenters. The molecule has 0 radical (unpaired) electrons. The molecule has 0 saturated carbocycles. The van der Waals surface area contributed by atoms with Crippen LogP contribution in [0.5, 0.6) is 0 Å². The lowest BCUT2D eigenvalue weighted by Crippen LogP contribution is -2.24. The van der Waals surface area contributed by atoms with E-state index in [-0.39, 0.29) is 17.9 Å². The minimum Gasteiger partial charge on any atom is -0.392 e. The molecule has 0 aliphatic rings. The maximum absolute atomic E-state index is 11.5. The van der Waals surface area contributed by atoms with Gasteiger partial charge in [-0.3, -0.25) is 4.79 Å². The van der Waals surface area contributed by atoms with Gasteiger partial charge in [-0.25, -0.2) is 0 Å². The number of rotatable bonds is 5. The molecule has 0 saturated heterocycles. The summed E-state index contributed by atoms with van der Waals surface area (Å²) >= 11 is 0. The molecule has 3 nitrogen and oxygen atoms in total. The zero-order chi connectivity index (χ0) is 14.3. The molecule has 1 aromatic rings. The number of benzene rings is 1. The number of allylic oxidation sites excluding steroid dienone is 1. The Morgan fingerprint density at radius 3 is 2.32 bits per heavy atom. The van der Waals surface area contributed by atoms with Gasteiger partial charge in [-0.1, -0.05) is 51.1 Å². The van der Waals surface area contributed by atoms with Crippen molar-refractivity contribution < 1.29 is 9.90 Å². The smallest absolute Gasteiger partial charge is 0.243 e. The molecule has 3 heteroatoms. The fraction of sp³-hybridized carbons (Fsp3) is 0.438. The van der Waals surface area contributed by atoms with Crippen molar-refractivity contribution in [1.82, 2.24) is 5.32 Å². The molecule has 19 heavy (non-hydrogen) atoms. The first-order valence-corrected chi connectivity index (χ1v) is 6.56. The van der Waals surface area contributed by atoms with Crippen LogP contribution in [0, 0.1) is 5.41 Å². The van der Waals surface area contributed by atoms with Crippen molar-refractivity contribution in [2.45, 2.75) is 33.8 Å². The molecule has 0 aliphatic carbocycles. The first kappa shape index (κ1) is 15.4. The lowest BCUT2D eigenvalue weighted by molar-refractivity contribution is -0.116. The van der Waals surface area contributed by atoms with Gasteiger partial charge in [0.1, 0.15) is 0 Å². The Morgan fingerprint density at radius 1 is 1.21 bits per heavy atom. The highest BCUT2D eigenvalue weighted by molar-refractivity contribution is 5.87. The third-order valence-electron chi connectivity index (χ3n) is 2.65. The first-order chi connectivity index (χ1) is 8.90. The van der Waals surface area contributed by atoms with Crippen LogP contribution in [0.1, 0.15) is 31.9 Å². The van der Waals surface area contributed by atoms with Gasteiger partial charge in [-0.15, -0.1) is 0 Å². The number of carbonyl (C=O) groups excluding carboxylic acids is 1. The van der Waals surface area contributed by atoms with Crippen LogP contribution in [-0.2, 0) is 17.8 Å². The standard InChI is InChI=1S/C16H23NO2/c1-16(2,3)10-8-15(19)17-11-9-13-4-6-14(12-18)7-5-13/h4-8,10,18H,9,11-12H2,1-3H3,(H,17,19)/b10-8+. The Kier molecular flexibility index (Phi) is 5.77. The topological polar surface area (TPSA) is 49.3 Å². The van der Waals surface area contributed by atoms with Crippen LogP contribution in [0.25, 0.3) is 0 Å². The van der Waals surface area contributed by atoms with Crippen LogP contribution >= 0.6 is 0 Å². The van der Waals surface area contributed by atoms with Crippen molar-refractivity contribution in [3.63, 3.8) is 0 Å². The molecule has 2 N–H and O–H groups in total. The number of hydrogen-bond donors (Lipinski definition) is 2. The van der Waals surface area contributed by atoms with Gasteiger partial charge in [-0.05, 0) is 29.0 Å². The van der Waals surface area contributed by atoms with Gasteiger partial charge >= 0.3 is 0 Å². The fourth-order valence-electron chi connectivity index (χ4n) is 1.53. The van der Waals surface area contributed by atoms with Gasteiger partial charge in [0.15, 0.2) is 0 Å². The molecule has 1 rings (SSSR count). The average molecular weight is 261 g/mol. The lowest BCUT2D eigenvalue weighted by Gasteiger charge is -2.11. The predicted molar refractivity (Wildman–Crippen MR) is 77.7 cm³/mol. The number of amides is 1. The molecule has 0 aromatic heterocycles. The van der Waals surface area contributed by atoms with E-state index in [0.717, 1.165) is 17.5 Å². The molecule has 1 aromatic carbocycles. The van der Waals surface area contributed by atoms with E-state index in [1.165, 1.54) is 0 Å². The number of nitrogens with one attached hydrogen (secondary N) is 1. The molecular formula is C16H23NO2.